The van der Waals surface area contributed by atoms with E-state index in [1.807, 2.05) is 4.90 Å². The molecule has 1 N–H and O–H groups in total. The Morgan fingerprint density at radius 2 is 2.08 bits per heavy atom. The van der Waals surface area contributed by atoms with Crippen LogP contribution < -0.4 is 0 Å². The van der Waals surface area contributed by atoms with Crippen LogP contribution in [0.5, 0.6) is 0 Å². The van der Waals surface area contributed by atoms with Gasteiger partial charge in [0, 0.05) is 31.7 Å². The summed E-state index contributed by atoms with van der Waals surface area (Å²) in [5, 5.41) is 9.86. The summed E-state index contributed by atoms with van der Waals surface area (Å²) in [5.41, 5.74) is 0. The van der Waals surface area contributed by atoms with Gasteiger partial charge in [-0.05, 0) is 6.92 Å². The molecule has 2 aliphatic rings. The standard InChI is InChI=1S/C12H17F3N4O2.CH2O2/c1-8-6-20-7-9-4-18(2-3-19(8)9)5-10-16-11(17-21-10)12(13,14)15;2-1-3/h8-9H,2-7H2,1H3;1H,(H,2,3)/t8-,9+;/m0./s1. The van der Waals surface area contributed by atoms with Gasteiger partial charge in [0.15, 0.2) is 0 Å². The quantitative estimate of drug-likeness (QED) is 0.778. The number of ether oxygens (including phenoxy) is 1. The van der Waals surface area contributed by atoms with Crippen molar-refractivity contribution in [2.45, 2.75) is 31.7 Å². The van der Waals surface area contributed by atoms with E-state index in [1.54, 1.807) is 0 Å². The summed E-state index contributed by atoms with van der Waals surface area (Å²) < 4.78 is 47.5. The van der Waals surface area contributed by atoms with Crippen LogP contribution in [0.4, 0.5) is 13.2 Å². The summed E-state index contributed by atoms with van der Waals surface area (Å²) in [4.78, 5) is 16.2. The molecule has 0 aliphatic carbocycles. The van der Waals surface area contributed by atoms with E-state index in [9.17, 15) is 13.2 Å². The summed E-state index contributed by atoms with van der Waals surface area (Å²) in [5.74, 6) is -1.22. The van der Waals surface area contributed by atoms with E-state index in [-0.39, 0.29) is 24.9 Å². The number of halogens is 3. The number of carbonyl (C=O) groups is 1. The summed E-state index contributed by atoms with van der Waals surface area (Å²) >= 11 is 0. The minimum absolute atomic E-state index is 0.000510. The van der Waals surface area contributed by atoms with E-state index in [0.29, 0.717) is 12.6 Å². The second-order valence-electron chi connectivity index (χ2n) is 5.63. The lowest BCUT2D eigenvalue weighted by Crippen LogP contribution is -2.60. The molecule has 1 aromatic rings. The number of hydrogen-bond donors (Lipinski definition) is 1. The van der Waals surface area contributed by atoms with Crippen molar-refractivity contribution in [1.29, 1.82) is 0 Å². The molecular weight excluding hydrogens is 333 g/mol. The number of aromatic nitrogens is 2. The van der Waals surface area contributed by atoms with Gasteiger partial charge in [-0.1, -0.05) is 5.16 Å². The maximum Gasteiger partial charge on any atom is 0.455 e. The van der Waals surface area contributed by atoms with Crippen LogP contribution in [-0.4, -0.2) is 76.5 Å². The molecule has 24 heavy (non-hydrogen) atoms. The molecule has 3 rings (SSSR count). The molecule has 136 valence electrons. The largest absolute Gasteiger partial charge is 0.483 e. The van der Waals surface area contributed by atoms with Gasteiger partial charge in [-0.2, -0.15) is 18.2 Å². The molecule has 0 aromatic carbocycles. The molecule has 11 heteroatoms. The van der Waals surface area contributed by atoms with Gasteiger partial charge < -0.3 is 14.4 Å². The molecule has 1 aromatic heterocycles. The summed E-state index contributed by atoms with van der Waals surface area (Å²) in [6.07, 6.45) is -4.56. The lowest BCUT2D eigenvalue weighted by atomic mass is 10.1. The summed E-state index contributed by atoms with van der Waals surface area (Å²) in [6.45, 7) is 5.86. The molecule has 0 unspecified atom stereocenters. The second-order valence-corrected chi connectivity index (χ2v) is 5.63. The highest BCUT2D eigenvalue weighted by Crippen LogP contribution is 2.26. The van der Waals surface area contributed by atoms with Crippen LogP contribution in [-0.2, 0) is 22.3 Å². The number of hydrogen-bond acceptors (Lipinski definition) is 7. The molecule has 0 spiro atoms. The van der Waals surface area contributed by atoms with Crippen molar-refractivity contribution in [3.8, 4) is 0 Å². The second kappa shape index (κ2) is 7.90. The first kappa shape index (κ1) is 18.6. The molecular formula is C13H19F3N4O4. The zero-order valence-corrected chi connectivity index (χ0v) is 13.1. The highest BCUT2D eigenvalue weighted by molar-refractivity contribution is 5.32. The van der Waals surface area contributed by atoms with E-state index in [0.717, 1.165) is 26.2 Å². The fourth-order valence-electron chi connectivity index (χ4n) is 2.90. The van der Waals surface area contributed by atoms with Crippen molar-refractivity contribution in [1.82, 2.24) is 19.9 Å². The van der Waals surface area contributed by atoms with Crippen molar-refractivity contribution in [3.05, 3.63) is 11.7 Å². The first-order valence-electron chi connectivity index (χ1n) is 7.38. The van der Waals surface area contributed by atoms with Gasteiger partial charge in [-0.3, -0.25) is 14.6 Å². The van der Waals surface area contributed by atoms with Gasteiger partial charge in [0.05, 0.1) is 19.8 Å². The zero-order chi connectivity index (χ0) is 17.7. The van der Waals surface area contributed by atoms with Crippen molar-refractivity contribution in [2.75, 3.05) is 32.8 Å². The Bertz CT molecular complexity index is 540. The van der Waals surface area contributed by atoms with Gasteiger partial charge in [-0.15, -0.1) is 0 Å². The first-order valence-corrected chi connectivity index (χ1v) is 7.38. The van der Waals surface area contributed by atoms with Crippen LogP contribution in [0.15, 0.2) is 4.52 Å². The molecule has 0 saturated carbocycles. The number of rotatable bonds is 2. The smallest absolute Gasteiger partial charge is 0.455 e. The number of fused-ring (bicyclic) bond motifs is 1. The lowest BCUT2D eigenvalue weighted by Gasteiger charge is -2.46. The molecule has 2 aliphatic heterocycles. The van der Waals surface area contributed by atoms with Crippen molar-refractivity contribution >= 4 is 6.47 Å². The van der Waals surface area contributed by atoms with E-state index in [4.69, 9.17) is 14.6 Å². The third kappa shape index (κ3) is 4.65. The van der Waals surface area contributed by atoms with Crippen molar-refractivity contribution in [2.24, 2.45) is 0 Å². The van der Waals surface area contributed by atoms with Crippen molar-refractivity contribution < 1.29 is 32.3 Å². The average molecular weight is 352 g/mol. The Kier molecular flexibility index (Phi) is 6.13. The Hall–Kier alpha value is -1.72. The van der Waals surface area contributed by atoms with E-state index in [1.165, 1.54) is 0 Å². The molecule has 8 nitrogen and oxygen atoms in total. The Morgan fingerprint density at radius 3 is 2.71 bits per heavy atom. The van der Waals surface area contributed by atoms with E-state index >= 15 is 0 Å². The van der Waals surface area contributed by atoms with Crippen molar-refractivity contribution in [3.63, 3.8) is 0 Å². The third-order valence-electron chi connectivity index (χ3n) is 3.93. The third-order valence-corrected chi connectivity index (χ3v) is 3.93. The fourth-order valence-corrected chi connectivity index (χ4v) is 2.90. The number of morpholine rings is 1. The average Bonchev–Trinajstić information content (AvgIpc) is 2.97. The predicted molar refractivity (Wildman–Crippen MR) is 74.0 cm³/mol. The molecule has 2 atom stereocenters. The summed E-state index contributed by atoms with van der Waals surface area (Å²) in [6, 6.07) is 0.652. The number of carboxylic acid groups (broad SMARTS) is 1. The van der Waals surface area contributed by atoms with Gasteiger partial charge in [0.2, 0.25) is 5.89 Å². The van der Waals surface area contributed by atoms with Crippen LogP contribution in [0.2, 0.25) is 0 Å². The van der Waals surface area contributed by atoms with E-state index in [2.05, 4.69) is 26.5 Å². The predicted octanol–water partition coefficient (Wildman–Crippen LogP) is 0.694. The van der Waals surface area contributed by atoms with E-state index < -0.39 is 12.0 Å². The van der Waals surface area contributed by atoms with Crippen LogP contribution in [0, 0.1) is 0 Å². The summed E-state index contributed by atoms with van der Waals surface area (Å²) in [7, 11) is 0. The Labute approximate surface area is 136 Å². The van der Waals surface area contributed by atoms with Crippen LogP contribution in [0.25, 0.3) is 0 Å². The highest BCUT2D eigenvalue weighted by Gasteiger charge is 2.38. The van der Waals surface area contributed by atoms with Gasteiger partial charge in [0.1, 0.15) is 0 Å². The topological polar surface area (TPSA) is 91.9 Å². The molecule has 2 fully saturated rings. The Morgan fingerprint density at radius 1 is 1.38 bits per heavy atom. The number of piperazine rings is 1. The number of nitrogens with zero attached hydrogens (tertiary/aromatic N) is 4. The van der Waals surface area contributed by atoms with Crippen LogP contribution in [0.3, 0.4) is 0 Å². The minimum atomic E-state index is -4.56. The molecule has 0 radical (unpaired) electrons. The van der Waals surface area contributed by atoms with Gasteiger partial charge in [-0.25, -0.2) is 0 Å². The van der Waals surface area contributed by atoms with Crippen LogP contribution >= 0.6 is 0 Å². The normalized spacial score (nSPS) is 25.5. The first-order chi connectivity index (χ1) is 11.3. The van der Waals surface area contributed by atoms with Gasteiger partial charge in [0.25, 0.3) is 12.3 Å². The zero-order valence-electron chi connectivity index (χ0n) is 13.1. The number of alkyl halides is 3. The Balaban J connectivity index is 0.000000647. The van der Waals surface area contributed by atoms with Crippen LogP contribution in [0.1, 0.15) is 18.6 Å². The van der Waals surface area contributed by atoms with Gasteiger partial charge >= 0.3 is 6.18 Å². The molecule has 2 saturated heterocycles. The maximum absolute atomic E-state index is 12.4. The minimum Gasteiger partial charge on any atom is -0.483 e. The highest BCUT2D eigenvalue weighted by atomic mass is 19.4. The monoisotopic (exact) mass is 352 g/mol. The SMILES string of the molecule is C[C@H]1COC[C@H]2CN(Cc3nc(C(F)(F)F)no3)CCN21.O=CO. The molecule has 0 bridgehead atoms. The molecule has 0 amide bonds. The molecule has 3 heterocycles. The lowest BCUT2D eigenvalue weighted by molar-refractivity contribution is -0.146. The maximum atomic E-state index is 12.4. The fraction of sp³-hybridized carbons (Fsp3) is 0.769.